The van der Waals surface area contributed by atoms with E-state index in [-0.39, 0.29) is 12.6 Å². The molecule has 1 aromatic carbocycles. The second-order valence-electron chi connectivity index (χ2n) is 5.96. The molecule has 2 aliphatic rings. The molecule has 3 rings (SSSR count). The van der Waals surface area contributed by atoms with Crippen LogP contribution in [0.25, 0.3) is 0 Å². The second kappa shape index (κ2) is 6.03. The van der Waals surface area contributed by atoms with E-state index in [0.29, 0.717) is 23.9 Å². The fraction of sp³-hybridized carbons (Fsp3) is 0.562. The number of hydrogen-bond acceptors (Lipinski definition) is 5. The Morgan fingerprint density at radius 1 is 1.24 bits per heavy atom. The van der Waals surface area contributed by atoms with E-state index < -0.39 is 0 Å². The summed E-state index contributed by atoms with van der Waals surface area (Å²) in [5, 5.41) is 0. The lowest BCUT2D eigenvalue weighted by molar-refractivity contribution is 0.0873. The normalized spacial score (nSPS) is 19.2. The fourth-order valence-corrected chi connectivity index (χ4v) is 2.96. The molecule has 0 atom stereocenters. The molecular formula is C16H22N2O3. The molecule has 1 saturated heterocycles. The van der Waals surface area contributed by atoms with Gasteiger partial charge in [-0.3, -0.25) is 9.69 Å². The Labute approximate surface area is 125 Å². The van der Waals surface area contributed by atoms with Crippen LogP contribution < -0.4 is 9.47 Å². The van der Waals surface area contributed by atoms with Crippen molar-refractivity contribution in [3.63, 3.8) is 0 Å². The minimum atomic E-state index is 0.150. The molecule has 0 aromatic heterocycles. The van der Waals surface area contributed by atoms with Gasteiger partial charge in [0.15, 0.2) is 17.3 Å². The Hall–Kier alpha value is -1.59. The van der Waals surface area contributed by atoms with Crippen molar-refractivity contribution in [1.82, 2.24) is 9.80 Å². The number of ether oxygens (including phenoxy) is 2. The third kappa shape index (κ3) is 3.19. The Kier molecular flexibility index (Phi) is 4.12. The highest BCUT2D eigenvalue weighted by Crippen LogP contribution is 2.32. The Morgan fingerprint density at radius 2 is 1.95 bits per heavy atom. The predicted octanol–water partition coefficient (Wildman–Crippen LogP) is 1.62. The monoisotopic (exact) mass is 290 g/mol. The maximum Gasteiger partial charge on any atom is 0.231 e. The molecular weight excluding hydrogens is 268 g/mol. The molecule has 5 nitrogen and oxygen atoms in total. The van der Waals surface area contributed by atoms with Crippen molar-refractivity contribution in [3.8, 4) is 11.5 Å². The number of carbonyl (C=O) groups is 1. The van der Waals surface area contributed by atoms with Crippen LogP contribution >= 0.6 is 0 Å². The van der Waals surface area contributed by atoms with Crippen molar-refractivity contribution in [2.45, 2.75) is 18.9 Å². The van der Waals surface area contributed by atoms with Crippen molar-refractivity contribution in [2.24, 2.45) is 0 Å². The summed E-state index contributed by atoms with van der Waals surface area (Å²) in [5.74, 6) is 1.54. The summed E-state index contributed by atoms with van der Waals surface area (Å²) in [7, 11) is 4.25. The second-order valence-corrected chi connectivity index (χ2v) is 5.96. The van der Waals surface area contributed by atoms with Crippen LogP contribution in [0.15, 0.2) is 18.2 Å². The molecule has 0 saturated carbocycles. The van der Waals surface area contributed by atoms with Crippen LogP contribution in [-0.2, 0) is 0 Å². The molecule has 1 aromatic rings. The Balaban J connectivity index is 1.57. The molecule has 1 fully saturated rings. The number of likely N-dealkylation sites (tertiary alicyclic amines) is 1. The third-order valence-corrected chi connectivity index (χ3v) is 4.35. The van der Waals surface area contributed by atoms with E-state index in [1.165, 1.54) is 0 Å². The van der Waals surface area contributed by atoms with Crippen molar-refractivity contribution < 1.29 is 14.3 Å². The Morgan fingerprint density at radius 3 is 2.67 bits per heavy atom. The van der Waals surface area contributed by atoms with Gasteiger partial charge in [0.05, 0.1) is 6.54 Å². The van der Waals surface area contributed by atoms with Gasteiger partial charge in [-0.05, 0) is 45.1 Å². The summed E-state index contributed by atoms with van der Waals surface area (Å²) in [5.41, 5.74) is 0.703. The van der Waals surface area contributed by atoms with Gasteiger partial charge in [0.25, 0.3) is 0 Å². The number of piperidine rings is 1. The zero-order chi connectivity index (χ0) is 14.8. The van der Waals surface area contributed by atoms with Gasteiger partial charge < -0.3 is 14.4 Å². The third-order valence-electron chi connectivity index (χ3n) is 4.35. The van der Waals surface area contributed by atoms with E-state index in [4.69, 9.17) is 9.47 Å². The van der Waals surface area contributed by atoms with Crippen molar-refractivity contribution >= 4 is 5.78 Å². The molecule has 0 radical (unpaired) electrons. The van der Waals surface area contributed by atoms with E-state index in [2.05, 4.69) is 23.9 Å². The largest absolute Gasteiger partial charge is 0.454 e. The van der Waals surface area contributed by atoms with Gasteiger partial charge in [-0.1, -0.05) is 0 Å². The van der Waals surface area contributed by atoms with Crippen molar-refractivity contribution in [1.29, 1.82) is 0 Å². The van der Waals surface area contributed by atoms with Crippen LogP contribution in [-0.4, -0.2) is 62.1 Å². The van der Waals surface area contributed by atoms with Crippen LogP contribution in [0.2, 0.25) is 0 Å². The molecule has 5 heteroatoms. The summed E-state index contributed by atoms with van der Waals surface area (Å²) in [6.07, 6.45) is 2.25. The first-order valence-corrected chi connectivity index (χ1v) is 7.45. The first-order valence-electron chi connectivity index (χ1n) is 7.45. The van der Waals surface area contributed by atoms with Gasteiger partial charge in [0.1, 0.15) is 0 Å². The topological polar surface area (TPSA) is 42.0 Å². The van der Waals surface area contributed by atoms with Gasteiger partial charge in [-0.15, -0.1) is 0 Å². The van der Waals surface area contributed by atoms with Gasteiger partial charge in [0.2, 0.25) is 6.79 Å². The summed E-state index contributed by atoms with van der Waals surface area (Å²) in [4.78, 5) is 16.9. The van der Waals surface area contributed by atoms with Crippen LogP contribution in [0.4, 0.5) is 0 Å². The highest BCUT2D eigenvalue weighted by Gasteiger charge is 2.23. The standard InChI is InChI=1S/C16H22N2O3/c1-17(2)13-5-7-18(8-6-13)10-14(19)12-3-4-15-16(9-12)21-11-20-15/h3-4,9,13H,5-8,10-11H2,1-2H3. The molecule has 114 valence electrons. The van der Waals surface area contributed by atoms with Crippen LogP contribution in [0, 0.1) is 0 Å². The van der Waals surface area contributed by atoms with E-state index in [1.54, 1.807) is 6.07 Å². The first kappa shape index (κ1) is 14.4. The number of benzene rings is 1. The molecule has 2 heterocycles. The molecule has 0 aliphatic carbocycles. The number of nitrogens with zero attached hydrogens (tertiary/aromatic N) is 2. The number of ketones is 1. The maximum absolute atomic E-state index is 12.4. The lowest BCUT2D eigenvalue weighted by atomic mass is 10.0. The highest BCUT2D eigenvalue weighted by molar-refractivity contribution is 5.98. The summed E-state index contributed by atoms with van der Waals surface area (Å²) >= 11 is 0. The van der Waals surface area contributed by atoms with Crippen molar-refractivity contribution in [3.05, 3.63) is 23.8 Å². The summed E-state index contributed by atoms with van der Waals surface area (Å²) < 4.78 is 10.6. The number of carbonyl (C=O) groups excluding carboxylic acids is 1. The van der Waals surface area contributed by atoms with E-state index in [1.807, 2.05) is 12.1 Å². The van der Waals surface area contributed by atoms with E-state index in [0.717, 1.165) is 31.7 Å². The lowest BCUT2D eigenvalue weighted by Gasteiger charge is -2.34. The fourth-order valence-electron chi connectivity index (χ4n) is 2.96. The Bertz CT molecular complexity index is 522. The van der Waals surface area contributed by atoms with Crippen LogP contribution in [0.5, 0.6) is 11.5 Å². The van der Waals surface area contributed by atoms with Gasteiger partial charge in [-0.25, -0.2) is 0 Å². The molecule has 2 aliphatic heterocycles. The summed E-state index contributed by atoms with van der Waals surface area (Å²) in [6, 6.07) is 6.06. The first-order chi connectivity index (χ1) is 10.1. The zero-order valence-corrected chi connectivity index (χ0v) is 12.7. The summed E-state index contributed by atoms with van der Waals surface area (Å²) in [6.45, 7) is 2.70. The SMILES string of the molecule is CN(C)C1CCN(CC(=O)c2ccc3c(c2)OCO3)CC1. The minimum absolute atomic E-state index is 0.150. The van der Waals surface area contributed by atoms with E-state index in [9.17, 15) is 4.79 Å². The molecule has 0 N–H and O–H groups in total. The smallest absolute Gasteiger partial charge is 0.231 e. The predicted molar refractivity (Wildman–Crippen MR) is 80.0 cm³/mol. The van der Waals surface area contributed by atoms with Crippen molar-refractivity contribution in [2.75, 3.05) is 40.5 Å². The molecule has 0 spiro atoms. The number of fused-ring (bicyclic) bond motifs is 1. The van der Waals surface area contributed by atoms with Gasteiger partial charge in [-0.2, -0.15) is 0 Å². The number of hydrogen-bond donors (Lipinski definition) is 0. The molecule has 0 unspecified atom stereocenters. The molecule has 21 heavy (non-hydrogen) atoms. The van der Waals surface area contributed by atoms with Gasteiger partial charge >= 0.3 is 0 Å². The quantitative estimate of drug-likeness (QED) is 0.788. The zero-order valence-electron chi connectivity index (χ0n) is 12.7. The number of rotatable bonds is 4. The van der Waals surface area contributed by atoms with E-state index >= 15 is 0 Å². The van der Waals surface area contributed by atoms with Gasteiger partial charge in [0, 0.05) is 24.7 Å². The minimum Gasteiger partial charge on any atom is -0.454 e. The average Bonchev–Trinajstić information content (AvgIpc) is 2.95. The molecule has 0 amide bonds. The van der Waals surface area contributed by atoms with Crippen LogP contribution in [0.3, 0.4) is 0 Å². The highest BCUT2D eigenvalue weighted by atomic mass is 16.7. The number of Topliss-reactive ketones (excluding diaryl/α,β-unsaturated/α-hetero) is 1. The van der Waals surface area contributed by atoms with Crippen LogP contribution in [0.1, 0.15) is 23.2 Å². The lowest BCUT2D eigenvalue weighted by Crippen LogP contribution is -2.43. The average molecular weight is 290 g/mol. The maximum atomic E-state index is 12.4. The molecule has 0 bridgehead atoms.